The normalized spacial score (nSPS) is 21.9. The molecule has 0 bridgehead atoms. The van der Waals surface area contributed by atoms with Crippen molar-refractivity contribution in [1.29, 1.82) is 5.26 Å². The van der Waals surface area contributed by atoms with Gasteiger partial charge >= 0.3 is 6.18 Å². The van der Waals surface area contributed by atoms with Gasteiger partial charge in [-0.15, -0.1) is 0 Å². The van der Waals surface area contributed by atoms with E-state index in [1.165, 1.54) is 0 Å². The molecule has 12 heteroatoms. The van der Waals surface area contributed by atoms with Crippen molar-refractivity contribution in [1.82, 2.24) is 19.7 Å². The maximum atomic E-state index is 12.8. The molecule has 1 saturated carbocycles. The third-order valence-electron chi connectivity index (χ3n) is 6.21. The van der Waals surface area contributed by atoms with Crippen molar-refractivity contribution in [3.63, 3.8) is 0 Å². The van der Waals surface area contributed by atoms with E-state index in [0.29, 0.717) is 12.7 Å². The lowest BCUT2D eigenvalue weighted by Gasteiger charge is -2.39. The Morgan fingerprint density at radius 1 is 1.24 bits per heavy atom. The highest BCUT2D eigenvalue weighted by atomic mass is 32.2. The predicted molar refractivity (Wildman–Crippen MR) is 113 cm³/mol. The minimum atomic E-state index is -4.73. The molecule has 176 valence electrons. The fourth-order valence-corrected chi connectivity index (χ4v) is 5.20. The van der Waals surface area contributed by atoms with Gasteiger partial charge < -0.3 is 4.90 Å². The summed E-state index contributed by atoms with van der Waals surface area (Å²) in [6, 6.07) is 1.62. The lowest BCUT2D eigenvalue weighted by molar-refractivity contribution is -0.147. The molecule has 0 saturated heterocycles. The molecule has 1 aliphatic carbocycles. The Labute approximate surface area is 189 Å². The second kappa shape index (κ2) is 8.53. The summed E-state index contributed by atoms with van der Waals surface area (Å²) in [5.74, 6) is 0.326. The number of anilines is 1. The van der Waals surface area contributed by atoms with Crippen LogP contribution in [0.5, 0.6) is 0 Å². The van der Waals surface area contributed by atoms with Crippen LogP contribution in [0.4, 0.5) is 19.0 Å². The number of halogens is 3. The molecule has 2 aromatic rings. The monoisotopic (exact) mass is 480 g/mol. The van der Waals surface area contributed by atoms with Crippen LogP contribution in [0.15, 0.2) is 29.6 Å². The predicted octanol–water partition coefficient (Wildman–Crippen LogP) is 3.38. The Balaban J connectivity index is 1.68. The van der Waals surface area contributed by atoms with E-state index >= 15 is 0 Å². The standard InChI is InChI=1S/C21H23F3N6O2S/c1-3-13-7-16-17(8-25)18(30(14-5-4-6-14)20(16)28-9-13)19-26-10-15(11-27-19)33(31,32)29-12(2)21(22,23)24/h7,9-12,14,17-18,29H,3-6H2,1-2H3/t12-,17?,18?/m1/s1. The number of alkyl halides is 3. The fraction of sp³-hybridized carbons (Fsp3) is 0.524. The Morgan fingerprint density at radius 2 is 1.91 bits per heavy atom. The number of aromatic nitrogens is 3. The molecule has 0 radical (unpaired) electrons. The van der Waals surface area contributed by atoms with E-state index in [9.17, 15) is 26.9 Å². The first-order valence-electron chi connectivity index (χ1n) is 10.6. The Morgan fingerprint density at radius 3 is 2.42 bits per heavy atom. The summed E-state index contributed by atoms with van der Waals surface area (Å²) in [7, 11) is -4.47. The van der Waals surface area contributed by atoms with Crippen LogP contribution >= 0.6 is 0 Å². The number of rotatable bonds is 6. The number of nitriles is 1. The van der Waals surface area contributed by atoms with Gasteiger partial charge in [0, 0.05) is 17.8 Å². The summed E-state index contributed by atoms with van der Waals surface area (Å²) in [4.78, 5) is 14.5. The first-order valence-corrected chi connectivity index (χ1v) is 12.1. The molecule has 3 heterocycles. The zero-order valence-electron chi connectivity index (χ0n) is 18.0. The van der Waals surface area contributed by atoms with E-state index in [1.54, 1.807) is 10.9 Å². The van der Waals surface area contributed by atoms with Gasteiger partial charge in [-0.05, 0) is 44.2 Å². The van der Waals surface area contributed by atoms with Crippen molar-refractivity contribution in [2.24, 2.45) is 0 Å². The number of fused-ring (bicyclic) bond motifs is 1. The van der Waals surface area contributed by atoms with Crippen molar-refractivity contribution < 1.29 is 21.6 Å². The summed E-state index contributed by atoms with van der Waals surface area (Å²) < 4.78 is 64.7. The molecular formula is C21H23F3N6O2S. The average Bonchev–Trinajstić information content (AvgIpc) is 3.04. The minimum absolute atomic E-state index is 0.161. The van der Waals surface area contributed by atoms with Crippen LogP contribution in [-0.2, 0) is 16.4 Å². The van der Waals surface area contributed by atoms with Crippen molar-refractivity contribution in [3.05, 3.63) is 41.6 Å². The van der Waals surface area contributed by atoms with E-state index < -0.39 is 39.1 Å². The summed E-state index contributed by atoms with van der Waals surface area (Å²) in [6.07, 6.45) is 2.69. The van der Waals surface area contributed by atoms with Gasteiger partial charge in [0.05, 0.1) is 18.5 Å². The van der Waals surface area contributed by atoms with Gasteiger partial charge in [-0.3, -0.25) is 0 Å². The zero-order chi connectivity index (χ0) is 24.0. The molecule has 0 aromatic carbocycles. The van der Waals surface area contributed by atoms with Crippen LogP contribution in [0.25, 0.3) is 0 Å². The maximum Gasteiger partial charge on any atom is 0.404 e. The summed E-state index contributed by atoms with van der Waals surface area (Å²) >= 11 is 0. The SMILES string of the molecule is CCc1cnc2c(c1)C(C#N)C(c1ncc(S(=O)(=O)N[C@H](C)C(F)(F)F)cn1)N2C1CCC1. The minimum Gasteiger partial charge on any atom is -0.341 e. The molecule has 2 unspecified atom stereocenters. The van der Waals surface area contributed by atoms with Crippen LogP contribution in [0.2, 0.25) is 0 Å². The quantitative estimate of drug-likeness (QED) is 0.675. The van der Waals surface area contributed by atoms with E-state index in [2.05, 4.69) is 21.0 Å². The van der Waals surface area contributed by atoms with Gasteiger partial charge in [0.2, 0.25) is 10.0 Å². The summed E-state index contributed by atoms with van der Waals surface area (Å²) in [5, 5.41) is 9.99. The number of hydrogen-bond acceptors (Lipinski definition) is 7. The van der Waals surface area contributed by atoms with Gasteiger partial charge in [0.25, 0.3) is 0 Å². The number of sulfonamides is 1. The lowest BCUT2D eigenvalue weighted by Crippen LogP contribution is -2.43. The van der Waals surface area contributed by atoms with Crippen molar-refractivity contribution in [3.8, 4) is 6.07 Å². The van der Waals surface area contributed by atoms with E-state index in [-0.39, 0.29) is 11.9 Å². The molecule has 1 fully saturated rings. The highest BCUT2D eigenvalue weighted by molar-refractivity contribution is 7.89. The summed E-state index contributed by atoms with van der Waals surface area (Å²) in [5.41, 5.74) is 1.78. The molecule has 0 spiro atoms. The lowest BCUT2D eigenvalue weighted by atomic mass is 9.89. The molecule has 1 aliphatic heterocycles. The second-order valence-electron chi connectivity index (χ2n) is 8.32. The van der Waals surface area contributed by atoms with Crippen LogP contribution in [0, 0.1) is 11.3 Å². The maximum absolute atomic E-state index is 12.8. The topological polar surface area (TPSA) is 112 Å². The van der Waals surface area contributed by atoms with E-state index in [1.807, 2.05) is 17.9 Å². The van der Waals surface area contributed by atoms with Crippen LogP contribution in [-0.4, -0.2) is 41.6 Å². The Hall–Kier alpha value is -2.78. The third-order valence-corrected chi connectivity index (χ3v) is 7.70. The average molecular weight is 481 g/mol. The summed E-state index contributed by atoms with van der Waals surface area (Å²) in [6.45, 7) is 2.71. The highest BCUT2D eigenvalue weighted by Gasteiger charge is 2.47. The molecule has 2 aliphatic rings. The Kier molecular flexibility index (Phi) is 6.05. The van der Waals surface area contributed by atoms with E-state index in [4.69, 9.17) is 0 Å². The van der Waals surface area contributed by atoms with Crippen molar-refractivity contribution in [2.45, 2.75) is 74.6 Å². The fourth-order valence-electron chi connectivity index (χ4n) is 4.08. The first-order chi connectivity index (χ1) is 15.6. The number of nitrogens with one attached hydrogen (secondary N) is 1. The van der Waals surface area contributed by atoms with E-state index in [0.717, 1.165) is 49.2 Å². The largest absolute Gasteiger partial charge is 0.404 e. The number of hydrogen-bond donors (Lipinski definition) is 1. The van der Waals surface area contributed by atoms with Gasteiger partial charge in [0.1, 0.15) is 28.7 Å². The molecule has 33 heavy (non-hydrogen) atoms. The van der Waals surface area contributed by atoms with Gasteiger partial charge in [-0.1, -0.05) is 6.92 Å². The molecule has 0 amide bonds. The molecule has 2 aromatic heterocycles. The number of aryl methyl sites for hydroxylation is 1. The number of nitrogens with zero attached hydrogens (tertiary/aromatic N) is 5. The molecule has 1 N–H and O–H groups in total. The highest BCUT2D eigenvalue weighted by Crippen LogP contribution is 2.50. The first kappa shape index (κ1) is 23.4. The van der Waals surface area contributed by atoms with Crippen molar-refractivity contribution in [2.75, 3.05) is 4.90 Å². The zero-order valence-corrected chi connectivity index (χ0v) is 18.9. The molecule has 3 atom stereocenters. The third kappa shape index (κ3) is 4.27. The smallest absolute Gasteiger partial charge is 0.341 e. The molecular weight excluding hydrogens is 457 g/mol. The Bertz CT molecular complexity index is 1180. The second-order valence-corrected chi connectivity index (χ2v) is 10.0. The molecule has 8 nitrogen and oxygen atoms in total. The van der Waals surface area contributed by atoms with Gasteiger partial charge in [0.15, 0.2) is 5.82 Å². The van der Waals surface area contributed by atoms with Crippen molar-refractivity contribution >= 4 is 15.8 Å². The van der Waals surface area contributed by atoms with Gasteiger partial charge in [-0.2, -0.15) is 23.2 Å². The van der Waals surface area contributed by atoms with Crippen LogP contribution < -0.4 is 9.62 Å². The van der Waals surface area contributed by atoms with Gasteiger partial charge in [-0.25, -0.2) is 23.4 Å². The molecule has 4 rings (SSSR count). The van der Waals surface area contributed by atoms with Crippen LogP contribution in [0.1, 0.15) is 62.0 Å². The number of pyridine rings is 1. The van der Waals surface area contributed by atoms with Crippen LogP contribution in [0.3, 0.4) is 0 Å².